The van der Waals surface area contributed by atoms with Crippen molar-refractivity contribution in [2.75, 3.05) is 6.54 Å². The van der Waals surface area contributed by atoms with Gasteiger partial charge < -0.3 is 5.32 Å². The Labute approximate surface area is 130 Å². The molecule has 1 aromatic rings. The Balaban J connectivity index is 1.81. The Morgan fingerprint density at radius 1 is 1.14 bits per heavy atom. The van der Waals surface area contributed by atoms with Gasteiger partial charge >= 0.3 is 0 Å². The summed E-state index contributed by atoms with van der Waals surface area (Å²) >= 11 is 0. The van der Waals surface area contributed by atoms with Gasteiger partial charge in [0, 0.05) is 11.5 Å². The van der Waals surface area contributed by atoms with E-state index < -0.39 is 0 Å². The Morgan fingerprint density at radius 3 is 2.52 bits per heavy atom. The van der Waals surface area contributed by atoms with E-state index in [2.05, 4.69) is 49.5 Å². The largest absolute Gasteiger partial charge is 0.313 e. The molecule has 2 saturated carbocycles. The zero-order valence-corrected chi connectivity index (χ0v) is 13.8. The summed E-state index contributed by atoms with van der Waals surface area (Å²) < 4.78 is 0. The lowest BCUT2D eigenvalue weighted by Crippen LogP contribution is -2.47. The van der Waals surface area contributed by atoms with E-state index in [0.29, 0.717) is 11.5 Å². The Hall–Kier alpha value is -0.820. The molecule has 2 aliphatic carbocycles. The minimum absolute atomic E-state index is 0.442. The monoisotopic (exact) mass is 285 g/mol. The topological polar surface area (TPSA) is 12.0 Å². The summed E-state index contributed by atoms with van der Waals surface area (Å²) in [7, 11) is 0. The third-order valence-corrected chi connectivity index (χ3v) is 6.03. The molecule has 3 rings (SSSR count). The zero-order valence-electron chi connectivity index (χ0n) is 13.8. The number of hydrogen-bond acceptors (Lipinski definition) is 1. The first-order valence-electron chi connectivity index (χ1n) is 9.09. The summed E-state index contributed by atoms with van der Waals surface area (Å²) in [5.74, 6) is 1.85. The molecule has 1 nitrogen and oxygen atoms in total. The van der Waals surface area contributed by atoms with E-state index in [9.17, 15) is 0 Å². The van der Waals surface area contributed by atoms with Crippen LogP contribution >= 0.6 is 0 Å². The van der Waals surface area contributed by atoms with Crippen molar-refractivity contribution in [3.05, 3.63) is 35.9 Å². The molecule has 3 unspecified atom stereocenters. The second-order valence-electron chi connectivity index (χ2n) is 7.26. The number of rotatable bonds is 6. The van der Waals surface area contributed by atoms with Gasteiger partial charge in [-0.1, -0.05) is 63.4 Å². The van der Waals surface area contributed by atoms with Crippen molar-refractivity contribution >= 4 is 0 Å². The van der Waals surface area contributed by atoms with Crippen molar-refractivity contribution in [2.45, 2.75) is 70.3 Å². The second-order valence-corrected chi connectivity index (χ2v) is 7.26. The number of likely N-dealkylation sites (N-methyl/N-ethyl adjacent to an activating group) is 1. The standard InChI is InChI=1S/C20H31N/c1-3-16-9-8-10-17(15-16)19(21-4-2)20(13-14-20)18-11-6-5-7-12-18/h5-7,11-12,16-17,19,21H,3-4,8-10,13-15H2,1-2H3. The van der Waals surface area contributed by atoms with E-state index in [1.54, 1.807) is 5.56 Å². The molecule has 0 bridgehead atoms. The Bertz CT molecular complexity index is 434. The molecule has 0 aromatic heterocycles. The molecule has 0 spiro atoms. The lowest BCUT2D eigenvalue weighted by molar-refractivity contribution is 0.184. The van der Waals surface area contributed by atoms with Gasteiger partial charge in [0.25, 0.3) is 0 Å². The van der Waals surface area contributed by atoms with Crippen molar-refractivity contribution in [1.29, 1.82) is 0 Å². The van der Waals surface area contributed by atoms with E-state index >= 15 is 0 Å². The van der Waals surface area contributed by atoms with E-state index in [4.69, 9.17) is 0 Å². The average molecular weight is 285 g/mol. The SMILES string of the molecule is CCNC(C1CCCC(CC)C1)C1(c2ccccc2)CC1. The van der Waals surface area contributed by atoms with E-state index in [1.807, 2.05) is 0 Å². The van der Waals surface area contributed by atoms with Gasteiger partial charge in [0.05, 0.1) is 0 Å². The first kappa shape index (κ1) is 15.1. The molecule has 3 atom stereocenters. The van der Waals surface area contributed by atoms with Gasteiger partial charge in [0.1, 0.15) is 0 Å². The number of benzene rings is 1. The molecule has 0 saturated heterocycles. The van der Waals surface area contributed by atoms with E-state index in [1.165, 1.54) is 44.9 Å². The van der Waals surface area contributed by atoms with Crippen molar-refractivity contribution in [3.8, 4) is 0 Å². The summed E-state index contributed by atoms with van der Waals surface area (Å²) in [5.41, 5.74) is 2.02. The van der Waals surface area contributed by atoms with Crippen molar-refractivity contribution in [3.63, 3.8) is 0 Å². The summed E-state index contributed by atoms with van der Waals surface area (Å²) in [6, 6.07) is 12.0. The molecule has 0 heterocycles. The maximum atomic E-state index is 3.90. The van der Waals surface area contributed by atoms with Gasteiger partial charge in [0.15, 0.2) is 0 Å². The molecule has 21 heavy (non-hydrogen) atoms. The number of nitrogens with one attached hydrogen (secondary N) is 1. The third-order valence-electron chi connectivity index (χ3n) is 6.03. The highest BCUT2D eigenvalue weighted by Crippen LogP contribution is 2.54. The van der Waals surface area contributed by atoms with Crippen LogP contribution in [-0.2, 0) is 5.41 Å². The molecular formula is C20H31N. The van der Waals surface area contributed by atoms with Crippen LogP contribution in [0.1, 0.15) is 64.4 Å². The van der Waals surface area contributed by atoms with Crippen LogP contribution in [0.5, 0.6) is 0 Å². The fourth-order valence-electron chi connectivity index (χ4n) is 4.72. The Kier molecular flexibility index (Phi) is 4.69. The molecule has 1 N–H and O–H groups in total. The summed E-state index contributed by atoms with van der Waals surface area (Å²) in [4.78, 5) is 0. The second kappa shape index (κ2) is 6.52. The molecule has 2 aliphatic rings. The van der Waals surface area contributed by atoms with Gasteiger partial charge in [-0.15, -0.1) is 0 Å². The van der Waals surface area contributed by atoms with Crippen LogP contribution in [0, 0.1) is 11.8 Å². The van der Waals surface area contributed by atoms with Crippen LogP contribution < -0.4 is 5.32 Å². The van der Waals surface area contributed by atoms with Gasteiger partial charge in [-0.2, -0.15) is 0 Å². The van der Waals surface area contributed by atoms with Gasteiger partial charge in [-0.25, -0.2) is 0 Å². The fourth-order valence-corrected chi connectivity index (χ4v) is 4.72. The predicted octanol–water partition coefficient (Wildman–Crippen LogP) is 4.91. The maximum absolute atomic E-state index is 3.90. The molecule has 1 aromatic carbocycles. The van der Waals surface area contributed by atoms with Crippen LogP contribution in [-0.4, -0.2) is 12.6 Å². The summed E-state index contributed by atoms with van der Waals surface area (Å²) in [5, 5.41) is 3.90. The maximum Gasteiger partial charge on any atom is 0.0192 e. The molecule has 1 heteroatoms. The molecular weight excluding hydrogens is 254 g/mol. The molecule has 116 valence electrons. The average Bonchev–Trinajstić information content (AvgIpc) is 3.35. The summed E-state index contributed by atoms with van der Waals surface area (Å²) in [6.45, 7) is 5.75. The lowest BCUT2D eigenvalue weighted by atomic mass is 9.71. The first-order valence-corrected chi connectivity index (χ1v) is 9.09. The highest BCUT2D eigenvalue weighted by Gasteiger charge is 2.52. The smallest absolute Gasteiger partial charge is 0.0192 e. The minimum Gasteiger partial charge on any atom is -0.313 e. The highest BCUT2D eigenvalue weighted by atomic mass is 15.0. The molecule has 0 amide bonds. The molecule has 2 fully saturated rings. The Morgan fingerprint density at radius 2 is 1.90 bits per heavy atom. The van der Waals surface area contributed by atoms with E-state index in [-0.39, 0.29) is 0 Å². The van der Waals surface area contributed by atoms with Crippen LogP contribution in [0.25, 0.3) is 0 Å². The summed E-state index contributed by atoms with van der Waals surface area (Å²) in [6.07, 6.45) is 9.91. The van der Waals surface area contributed by atoms with Crippen LogP contribution in [0.2, 0.25) is 0 Å². The highest BCUT2D eigenvalue weighted by molar-refractivity contribution is 5.34. The van der Waals surface area contributed by atoms with Crippen LogP contribution in [0.4, 0.5) is 0 Å². The van der Waals surface area contributed by atoms with Gasteiger partial charge in [0.2, 0.25) is 0 Å². The predicted molar refractivity (Wildman–Crippen MR) is 90.6 cm³/mol. The van der Waals surface area contributed by atoms with Crippen molar-refractivity contribution in [2.24, 2.45) is 11.8 Å². The fraction of sp³-hybridized carbons (Fsp3) is 0.700. The molecule has 0 aliphatic heterocycles. The first-order chi connectivity index (χ1) is 10.3. The van der Waals surface area contributed by atoms with Crippen LogP contribution in [0.3, 0.4) is 0 Å². The normalized spacial score (nSPS) is 29.0. The zero-order chi connectivity index (χ0) is 14.7. The third kappa shape index (κ3) is 3.04. The van der Waals surface area contributed by atoms with Crippen LogP contribution in [0.15, 0.2) is 30.3 Å². The van der Waals surface area contributed by atoms with E-state index in [0.717, 1.165) is 18.4 Å². The quantitative estimate of drug-likeness (QED) is 0.783. The molecule has 0 radical (unpaired) electrons. The lowest BCUT2D eigenvalue weighted by Gasteiger charge is -2.39. The van der Waals surface area contributed by atoms with Gasteiger partial charge in [-0.05, 0) is 49.6 Å². The minimum atomic E-state index is 0.442. The van der Waals surface area contributed by atoms with Crippen molar-refractivity contribution in [1.82, 2.24) is 5.32 Å². The van der Waals surface area contributed by atoms with Crippen molar-refractivity contribution < 1.29 is 0 Å². The number of hydrogen-bond donors (Lipinski definition) is 1. The van der Waals surface area contributed by atoms with Gasteiger partial charge in [-0.3, -0.25) is 0 Å².